The second kappa shape index (κ2) is 9.31. The maximum atomic E-state index is 13.3. The summed E-state index contributed by atoms with van der Waals surface area (Å²) >= 11 is 7.74. The van der Waals surface area contributed by atoms with Gasteiger partial charge < -0.3 is 9.64 Å². The number of fused-ring (bicyclic) bond motifs is 3. The first-order valence-corrected chi connectivity index (χ1v) is 13.5. The highest BCUT2D eigenvalue weighted by Crippen LogP contribution is 2.49. The second-order valence-electron chi connectivity index (χ2n) is 8.50. The van der Waals surface area contributed by atoms with Crippen molar-refractivity contribution in [3.63, 3.8) is 0 Å². The number of hydrogen-bond acceptors (Lipinski definition) is 8. The van der Waals surface area contributed by atoms with E-state index in [1.165, 1.54) is 63.1 Å². The highest BCUT2D eigenvalue weighted by atomic mass is 32.2. The Morgan fingerprint density at radius 3 is 2.74 bits per heavy atom. The van der Waals surface area contributed by atoms with Crippen LogP contribution in [0.1, 0.15) is 50.2 Å². The molecule has 2 aromatic rings. The van der Waals surface area contributed by atoms with Gasteiger partial charge in [-0.25, -0.2) is 0 Å². The number of hydrogen-bond donors (Lipinski definition) is 0. The predicted octanol–water partition coefficient (Wildman–Crippen LogP) is 2.33. The predicted molar refractivity (Wildman–Crippen MR) is 139 cm³/mol. The van der Waals surface area contributed by atoms with E-state index in [9.17, 15) is 14.4 Å². The molecule has 3 heterocycles. The Bertz CT molecular complexity index is 1360. The number of nitrogens with zero attached hydrogens (tertiary/aromatic N) is 3. The van der Waals surface area contributed by atoms with Gasteiger partial charge >= 0.3 is 0 Å². The SMILES string of the molecule is CCN1C(=O)/C(=c2/s/c(=C/c3ccc4c(c3)C3CCCC3N4CC)c(=O)n2COC=O)SC1=S. The van der Waals surface area contributed by atoms with E-state index in [1.54, 1.807) is 0 Å². The van der Waals surface area contributed by atoms with Crippen LogP contribution >= 0.6 is 35.3 Å². The normalized spacial score (nSPS) is 23.6. The highest BCUT2D eigenvalue weighted by Gasteiger charge is 2.40. The number of ether oxygens (including phenoxy) is 1. The zero-order chi connectivity index (χ0) is 24.0. The van der Waals surface area contributed by atoms with Crippen LogP contribution in [0, 0.1) is 0 Å². The van der Waals surface area contributed by atoms with Crippen LogP contribution in [0.5, 0.6) is 0 Å². The van der Waals surface area contributed by atoms with Crippen molar-refractivity contribution in [3.05, 3.63) is 48.9 Å². The van der Waals surface area contributed by atoms with Crippen LogP contribution in [-0.2, 0) is 21.1 Å². The van der Waals surface area contributed by atoms with Crippen molar-refractivity contribution in [1.29, 1.82) is 0 Å². The first-order chi connectivity index (χ1) is 16.5. The highest BCUT2D eigenvalue weighted by molar-refractivity contribution is 8.30. The Morgan fingerprint density at radius 2 is 2.03 bits per heavy atom. The van der Waals surface area contributed by atoms with Crippen LogP contribution in [0.3, 0.4) is 0 Å². The zero-order valence-electron chi connectivity index (χ0n) is 19.0. The molecule has 2 aliphatic heterocycles. The van der Waals surface area contributed by atoms with Gasteiger partial charge in [0.05, 0.1) is 4.53 Å². The molecule has 5 rings (SSSR count). The second-order valence-corrected chi connectivity index (χ2v) is 11.2. The molecule has 3 aliphatic rings. The van der Waals surface area contributed by atoms with Gasteiger partial charge in [0.15, 0.2) is 6.73 Å². The van der Waals surface area contributed by atoms with Gasteiger partial charge in [0, 0.05) is 30.7 Å². The Kier molecular flexibility index (Phi) is 6.39. The van der Waals surface area contributed by atoms with E-state index in [0.29, 0.717) is 43.4 Å². The lowest BCUT2D eigenvalue weighted by Gasteiger charge is -2.25. The summed E-state index contributed by atoms with van der Waals surface area (Å²) in [5, 5.41) is 0. The van der Waals surface area contributed by atoms with Crippen molar-refractivity contribution in [2.45, 2.75) is 51.8 Å². The van der Waals surface area contributed by atoms with Gasteiger partial charge in [-0.05, 0) is 56.0 Å². The molecular weight excluding hydrogens is 490 g/mol. The lowest BCUT2D eigenvalue weighted by Crippen LogP contribution is -2.34. The summed E-state index contributed by atoms with van der Waals surface area (Å²) in [4.78, 5) is 41.4. The number of rotatable bonds is 6. The van der Waals surface area contributed by atoms with Gasteiger partial charge in [0.2, 0.25) is 0 Å². The number of amides is 1. The van der Waals surface area contributed by atoms with Gasteiger partial charge in [-0.15, -0.1) is 11.3 Å². The molecule has 0 spiro atoms. The Labute approximate surface area is 210 Å². The maximum Gasteiger partial charge on any atom is 0.294 e. The van der Waals surface area contributed by atoms with Crippen LogP contribution in [0.25, 0.3) is 11.0 Å². The molecule has 2 fully saturated rings. The number of anilines is 1. The van der Waals surface area contributed by atoms with Gasteiger partial charge in [-0.2, -0.15) is 0 Å². The van der Waals surface area contributed by atoms with Crippen LogP contribution in [0.2, 0.25) is 0 Å². The Morgan fingerprint density at radius 1 is 1.21 bits per heavy atom. The fraction of sp³-hybridized carbons (Fsp3) is 0.417. The van der Waals surface area contributed by atoms with Crippen molar-refractivity contribution >= 4 is 68.7 Å². The Balaban J connectivity index is 1.63. The van der Waals surface area contributed by atoms with E-state index >= 15 is 0 Å². The van der Waals surface area contributed by atoms with Crippen LogP contribution < -0.4 is 19.7 Å². The average molecular weight is 516 g/mol. The summed E-state index contributed by atoms with van der Waals surface area (Å²) in [6.07, 6.45) is 5.54. The molecule has 34 heavy (non-hydrogen) atoms. The van der Waals surface area contributed by atoms with Crippen molar-refractivity contribution in [3.8, 4) is 0 Å². The van der Waals surface area contributed by atoms with E-state index < -0.39 is 0 Å². The zero-order valence-corrected chi connectivity index (χ0v) is 21.4. The number of thiocarbonyl (C=S) groups is 1. The number of benzene rings is 1. The molecule has 178 valence electrons. The van der Waals surface area contributed by atoms with Crippen molar-refractivity contribution in [2.75, 3.05) is 18.0 Å². The minimum absolute atomic E-state index is 0.227. The molecular formula is C24H25N3O4S3. The van der Waals surface area contributed by atoms with E-state index in [4.69, 9.17) is 17.0 Å². The van der Waals surface area contributed by atoms with Crippen molar-refractivity contribution in [2.24, 2.45) is 0 Å². The van der Waals surface area contributed by atoms with Crippen molar-refractivity contribution < 1.29 is 14.3 Å². The molecule has 1 saturated carbocycles. The quantitative estimate of drug-likeness (QED) is 0.432. The fourth-order valence-electron chi connectivity index (χ4n) is 5.34. The monoisotopic (exact) mass is 515 g/mol. The standard InChI is InChI=1S/C24H25N3O4S3/c1-3-25-17-7-5-6-15(17)16-10-14(8-9-18(16)25)11-19-21(29)27(12-31-13-28)23(33-19)20-22(30)26(4-2)24(32)34-20/h8-11,13,15,17H,3-7,12H2,1-2H3/b19-11+,23-20-. The first kappa shape index (κ1) is 23.3. The third kappa shape index (κ3) is 3.72. The Hall–Kier alpha value is -2.43. The molecule has 2 atom stereocenters. The van der Waals surface area contributed by atoms with Gasteiger partial charge in [-0.1, -0.05) is 36.5 Å². The molecule has 2 unspecified atom stereocenters. The van der Waals surface area contributed by atoms with Crippen molar-refractivity contribution in [1.82, 2.24) is 9.47 Å². The van der Waals surface area contributed by atoms with E-state index in [0.717, 1.165) is 12.1 Å². The van der Waals surface area contributed by atoms with Gasteiger partial charge in [-0.3, -0.25) is 23.9 Å². The molecule has 0 radical (unpaired) electrons. The number of carbonyl (C=O) groups is 2. The average Bonchev–Trinajstić information content (AvgIpc) is 3.56. The lowest BCUT2D eigenvalue weighted by molar-refractivity contribution is -0.132. The summed E-state index contributed by atoms with van der Waals surface area (Å²) in [7, 11) is 0. The minimum atomic E-state index is -0.293. The van der Waals surface area contributed by atoms with E-state index in [-0.39, 0.29) is 18.2 Å². The molecule has 0 N–H and O–H groups in total. The molecule has 1 aromatic heterocycles. The number of likely N-dealkylation sites (N-methyl/N-ethyl adjacent to an activating group) is 1. The van der Waals surface area contributed by atoms with Gasteiger partial charge in [0.25, 0.3) is 17.9 Å². The fourth-order valence-corrected chi connectivity index (χ4v) is 7.97. The lowest BCUT2D eigenvalue weighted by atomic mass is 9.96. The maximum absolute atomic E-state index is 13.3. The number of thioether (sulfide) groups is 1. The minimum Gasteiger partial charge on any atom is -0.446 e. The van der Waals surface area contributed by atoms with E-state index in [2.05, 4.69) is 24.0 Å². The van der Waals surface area contributed by atoms with Crippen LogP contribution in [0.4, 0.5) is 5.69 Å². The topological polar surface area (TPSA) is 71.8 Å². The third-order valence-corrected chi connectivity index (χ3v) is 9.51. The molecule has 1 aromatic carbocycles. The summed E-state index contributed by atoms with van der Waals surface area (Å²) in [5.41, 5.74) is 3.32. The summed E-state index contributed by atoms with van der Waals surface area (Å²) < 4.78 is 7.64. The number of aromatic nitrogens is 1. The molecule has 0 bridgehead atoms. The van der Waals surface area contributed by atoms with Gasteiger partial charge in [0.1, 0.15) is 13.9 Å². The summed E-state index contributed by atoms with van der Waals surface area (Å²) in [6, 6.07) is 6.99. The molecule has 1 saturated heterocycles. The smallest absolute Gasteiger partial charge is 0.294 e. The molecule has 7 nitrogen and oxygen atoms in total. The molecule has 1 amide bonds. The number of thiazole rings is 1. The molecule has 1 aliphatic carbocycles. The summed E-state index contributed by atoms with van der Waals surface area (Å²) in [5.74, 6) is 0.318. The summed E-state index contributed by atoms with van der Waals surface area (Å²) in [6.45, 7) is 5.55. The molecule has 10 heteroatoms. The van der Waals surface area contributed by atoms with Crippen LogP contribution in [0.15, 0.2) is 23.0 Å². The third-order valence-electron chi connectivity index (χ3n) is 6.82. The number of carbonyl (C=O) groups excluding carboxylic acids is 2. The first-order valence-electron chi connectivity index (χ1n) is 11.4. The van der Waals surface area contributed by atoms with Crippen LogP contribution in [-0.4, -0.2) is 45.3 Å². The largest absolute Gasteiger partial charge is 0.446 e. The van der Waals surface area contributed by atoms with E-state index in [1.807, 2.05) is 19.1 Å².